The van der Waals surface area contributed by atoms with Crippen LogP contribution in [0.25, 0.3) is 0 Å². The van der Waals surface area contributed by atoms with Crippen LogP contribution >= 0.6 is 33.2 Å². The molecule has 3 aliphatic heterocycles. The average molecular weight is 897 g/mol. The van der Waals surface area contributed by atoms with Crippen molar-refractivity contribution >= 4 is 68.5 Å². The number of allylic oxidation sites excluding steroid dienone is 3. The molecule has 3 heterocycles. The number of alkyl carbamates (subject to hydrolysis) is 1. The molecule has 4 bridgehead atoms. The number of ether oxygens (including phenoxy) is 5. The molecule has 0 radical (unpaired) electrons. The molecule has 8 atom stereocenters. The SMILES string of the molecule is COc1cc2cc(c1Cl)N(C)C(=O)C[C@H](OC(=O)[C@H](C)N(C)C(=O)CCC(C)(C)SSCCCC(C)=O)[C@]1(C)O[C@H]1[C@H](C)[C@@H]1C[C@@](O)(NC(=O)O1)[C@H](OC)C=CC=C(C)C2. The molecule has 17 heteroatoms. The van der Waals surface area contributed by atoms with Gasteiger partial charge in [0.05, 0.1) is 25.3 Å². The summed E-state index contributed by atoms with van der Waals surface area (Å²) in [5, 5.41) is 14.5. The molecule has 0 spiro atoms. The van der Waals surface area contributed by atoms with Gasteiger partial charge in [-0.05, 0) is 78.5 Å². The van der Waals surface area contributed by atoms with Crippen LogP contribution < -0.4 is 15.0 Å². The number of esters is 1. The third kappa shape index (κ3) is 12.4. The van der Waals surface area contributed by atoms with Gasteiger partial charge in [0.1, 0.15) is 46.5 Å². The van der Waals surface area contributed by atoms with Crippen LogP contribution in [-0.2, 0) is 44.5 Å². The maximum atomic E-state index is 14.3. The molecule has 60 heavy (non-hydrogen) atoms. The Labute approximate surface area is 367 Å². The van der Waals surface area contributed by atoms with Crippen LogP contribution in [0, 0.1) is 5.92 Å². The first-order valence-electron chi connectivity index (χ1n) is 20.2. The zero-order chi connectivity index (χ0) is 44.7. The number of methoxy groups -OCH3 is 2. The van der Waals surface area contributed by atoms with Crippen molar-refractivity contribution in [1.82, 2.24) is 10.2 Å². The minimum absolute atomic E-state index is 0.0601. The summed E-state index contributed by atoms with van der Waals surface area (Å²) in [5.41, 5.74) is -0.966. The second kappa shape index (κ2) is 20.7. The van der Waals surface area contributed by atoms with E-state index in [0.717, 1.165) is 23.3 Å². The normalized spacial score (nSPS) is 27.8. The first-order valence-corrected chi connectivity index (χ1v) is 22.9. The van der Waals surface area contributed by atoms with Crippen LogP contribution in [0.1, 0.15) is 92.6 Å². The van der Waals surface area contributed by atoms with Crippen LogP contribution in [0.4, 0.5) is 10.5 Å². The molecular formula is C43H62ClN3O11S2. The maximum Gasteiger partial charge on any atom is 0.409 e. The Morgan fingerprint density at radius 1 is 1.20 bits per heavy atom. The topological polar surface area (TPSA) is 174 Å². The molecule has 3 amide bonds. The lowest BCUT2D eigenvalue weighted by molar-refractivity contribution is -0.162. The minimum Gasteiger partial charge on any atom is -0.495 e. The summed E-state index contributed by atoms with van der Waals surface area (Å²) in [5.74, 6) is -0.603. The van der Waals surface area contributed by atoms with Crippen LogP contribution in [0.2, 0.25) is 5.02 Å². The molecule has 1 aromatic carbocycles. The van der Waals surface area contributed by atoms with Gasteiger partial charge >= 0.3 is 12.1 Å². The highest BCUT2D eigenvalue weighted by atomic mass is 35.5. The van der Waals surface area contributed by atoms with Crippen molar-refractivity contribution in [3.05, 3.63) is 46.5 Å². The highest BCUT2D eigenvalue weighted by molar-refractivity contribution is 8.77. The van der Waals surface area contributed by atoms with E-state index in [9.17, 15) is 29.1 Å². The van der Waals surface area contributed by atoms with Crippen molar-refractivity contribution in [3.8, 4) is 5.75 Å². The third-order valence-electron chi connectivity index (χ3n) is 11.5. The Morgan fingerprint density at radius 3 is 2.55 bits per heavy atom. The summed E-state index contributed by atoms with van der Waals surface area (Å²) < 4.78 is 29.2. The molecule has 2 saturated heterocycles. The van der Waals surface area contributed by atoms with Gasteiger partial charge < -0.3 is 43.4 Å². The number of hydrogen-bond donors (Lipinski definition) is 2. The van der Waals surface area contributed by atoms with Crippen LogP contribution in [0.5, 0.6) is 5.75 Å². The monoisotopic (exact) mass is 895 g/mol. The largest absolute Gasteiger partial charge is 0.495 e. The highest BCUT2D eigenvalue weighted by Gasteiger charge is 2.64. The highest BCUT2D eigenvalue weighted by Crippen LogP contribution is 2.49. The predicted octanol–water partition coefficient (Wildman–Crippen LogP) is 6.82. The van der Waals surface area contributed by atoms with Gasteiger partial charge in [0.25, 0.3) is 0 Å². The smallest absolute Gasteiger partial charge is 0.409 e. The fourth-order valence-corrected chi connectivity index (χ4v) is 10.4. The summed E-state index contributed by atoms with van der Waals surface area (Å²) in [6.07, 6.45) is 2.93. The molecule has 334 valence electrons. The number of Topliss-reactive ketones (excluding diaryl/α,β-unsaturated/α-hetero) is 1. The van der Waals surface area contributed by atoms with Gasteiger partial charge in [-0.2, -0.15) is 0 Å². The molecule has 1 aromatic rings. The minimum atomic E-state index is -1.84. The number of nitrogens with one attached hydrogen (secondary N) is 1. The van der Waals surface area contributed by atoms with Gasteiger partial charge in [0, 0.05) is 56.9 Å². The lowest BCUT2D eigenvalue weighted by Crippen LogP contribution is -2.63. The molecule has 4 rings (SSSR count). The summed E-state index contributed by atoms with van der Waals surface area (Å²) in [4.78, 5) is 68.6. The number of epoxide rings is 1. The molecule has 0 aromatic heterocycles. The fraction of sp³-hybridized carbons (Fsp3) is 0.651. The molecule has 2 fully saturated rings. The zero-order valence-electron chi connectivity index (χ0n) is 36.6. The average Bonchev–Trinajstić information content (AvgIpc) is 3.88. The zero-order valence-corrected chi connectivity index (χ0v) is 39.0. The number of rotatable bonds is 14. The summed E-state index contributed by atoms with van der Waals surface area (Å²) in [6, 6.07) is 2.58. The fourth-order valence-electron chi connectivity index (χ4n) is 7.43. The number of anilines is 1. The Morgan fingerprint density at radius 2 is 1.90 bits per heavy atom. The molecule has 3 aliphatic rings. The molecule has 0 unspecified atom stereocenters. The van der Waals surface area contributed by atoms with E-state index in [0.29, 0.717) is 30.7 Å². The number of nitrogens with zero attached hydrogens (tertiary/aromatic N) is 2. The van der Waals surface area contributed by atoms with Crippen molar-refractivity contribution in [2.45, 2.75) is 140 Å². The van der Waals surface area contributed by atoms with E-state index in [-0.39, 0.29) is 40.7 Å². The van der Waals surface area contributed by atoms with Crippen molar-refractivity contribution in [2.24, 2.45) is 5.92 Å². The number of likely N-dealkylation sites (N-methyl/N-ethyl adjacent to an activating group) is 1. The summed E-state index contributed by atoms with van der Waals surface area (Å²) in [6.45, 7) is 12.7. The van der Waals surface area contributed by atoms with Crippen LogP contribution in [0.15, 0.2) is 35.9 Å². The number of benzene rings is 1. The van der Waals surface area contributed by atoms with Crippen molar-refractivity contribution in [2.75, 3.05) is 39.0 Å². The van der Waals surface area contributed by atoms with E-state index >= 15 is 0 Å². The van der Waals surface area contributed by atoms with Crippen molar-refractivity contribution < 1.29 is 52.8 Å². The standard InChI is InChI=1S/C43H62ClN3O11S2/c1-25-14-12-16-33(55-11)43(53)24-32(56-40(52)45-43)27(3)38-42(7,58-38)34(23-36(50)47(9)30-21-29(20-25)22-31(54-10)37(30)44)57-39(51)28(4)46(8)35(49)17-18-41(5,6)60-59-19-13-15-26(2)48/h12,14,16,21-22,27-28,32-34,38,53H,13,15,17-20,23-24H2,1-11H3,(H,45,52)/t27-,28+,32+,33-,34+,38+,42+,43+/m1/s1. The van der Waals surface area contributed by atoms with E-state index in [1.165, 1.54) is 24.0 Å². The number of carbonyl (C=O) groups excluding carboxylic acids is 5. The van der Waals surface area contributed by atoms with Gasteiger partial charge in [0.2, 0.25) is 11.8 Å². The predicted molar refractivity (Wildman–Crippen MR) is 234 cm³/mol. The second-order valence-corrected chi connectivity index (χ2v) is 20.4. The number of ketones is 1. The Bertz CT molecular complexity index is 1830. The summed E-state index contributed by atoms with van der Waals surface area (Å²) >= 11 is 6.80. The molecule has 14 nitrogen and oxygen atoms in total. The van der Waals surface area contributed by atoms with Gasteiger partial charge in [-0.3, -0.25) is 14.9 Å². The van der Waals surface area contributed by atoms with E-state index in [1.54, 1.807) is 87.7 Å². The van der Waals surface area contributed by atoms with Gasteiger partial charge in [-0.15, -0.1) is 0 Å². The number of fused-ring (bicyclic) bond motifs is 5. The first kappa shape index (κ1) is 49.4. The maximum absolute atomic E-state index is 14.3. The molecular weight excluding hydrogens is 834 g/mol. The number of aliphatic hydroxyl groups is 1. The van der Waals surface area contributed by atoms with E-state index in [1.807, 2.05) is 13.0 Å². The van der Waals surface area contributed by atoms with E-state index in [2.05, 4.69) is 19.2 Å². The van der Waals surface area contributed by atoms with E-state index in [4.69, 9.17) is 35.3 Å². The third-order valence-corrected chi connectivity index (χ3v) is 15.3. The van der Waals surface area contributed by atoms with Crippen molar-refractivity contribution in [3.63, 3.8) is 0 Å². The van der Waals surface area contributed by atoms with Gasteiger partial charge in [-0.1, -0.05) is 63.9 Å². The number of carbonyl (C=O) groups is 5. The van der Waals surface area contributed by atoms with Crippen LogP contribution in [0.3, 0.4) is 0 Å². The quantitative estimate of drug-likeness (QED) is 0.0863. The second-order valence-electron chi connectivity index (χ2n) is 16.9. The molecule has 2 N–H and O–H groups in total. The Kier molecular flexibility index (Phi) is 17.1. The lowest BCUT2D eigenvalue weighted by atomic mass is 9.83. The molecule has 0 aliphatic carbocycles. The van der Waals surface area contributed by atoms with Crippen molar-refractivity contribution in [1.29, 1.82) is 0 Å². The van der Waals surface area contributed by atoms with Gasteiger partial charge in [0.15, 0.2) is 5.72 Å². The summed E-state index contributed by atoms with van der Waals surface area (Å²) in [7, 11) is 9.39. The number of halogens is 1. The lowest BCUT2D eigenvalue weighted by Gasteiger charge is -2.42. The molecule has 0 saturated carbocycles. The number of hydrogen-bond acceptors (Lipinski definition) is 13. The number of amides is 3. The first-order chi connectivity index (χ1) is 28.0. The van der Waals surface area contributed by atoms with Gasteiger partial charge in [-0.25, -0.2) is 9.59 Å². The van der Waals surface area contributed by atoms with Crippen LogP contribution in [-0.4, -0.2) is 120 Å². The van der Waals surface area contributed by atoms with E-state index < -0.39 is 65.7 Å². The Hall–Kier alpha value is -3.28. The Balaban J connectivity index is 1.62.